The summed E-state index contributed by atoms with van der Waals surface area (Å²) in [5.74, 6) is 0. The molecule has 1 unspecified atom stereocenters. The van der Waals surface area contributed by atoms with Gasteiger partial charge in [0.05, 0.1) is 13.2 Å². The molecule has 0 aliphatic carbocycles. The molecular weight excluding hydrogens is 224 g/mol. The maximum atomic E-state index is 5.40. The van der Waals surface area contributed by atoms with Gasteiger partial charge in [-0.1, -0.05) is 30.3 Å². The lowest BCUT2D eigenvalue weighted by atomic mass is 9.99. The van der Waals surface area contributed by atoms with Crippen LogP contribution in [0.25, 0.3) is 0 Å². The molecule has 1 aromatic carbocycles. The molecule has 0 amide bonds. The van der Waals surface area contributed by atoms with Crippen molar-refractivity contribution in [1.82, 2.24) is 10.6 Å². The van der Waals surface area contributed by atoms with Crippen molar-refractivity contribution < 1.29 is 4.74 Å². The topological polar surface area (TPSA) is 33.3 Å². The molecule has 1 heterocycles. The Morgan fingerprint density at radius 2 is 2.33 bits per heavy atom. The average molecular weight is 246 g/mol. The third-order valence-electron chi connectivity index (χ3n) is 3.23. The van der Waals surface area contributed by atoms with E-state index >= 15 is 0 Å². The first kappa shape index (κ1) is 13.3. The molecule has 2 N–H and O–H groups in total. The molecule has 18 heavy (non-hydrogen) atoms. The van der Waals surface area contributed by atoms with Gasteiger partial charge in [0.25, 0.3) is 0 Å². The molecular formula is C15H22N2O. The summed E-state index contributed by atoms with van der Waals surface area (Å²) in [5.41, 5.74) is 2.82. The van der Waals surface area contributed by atoms with Crippen LogP contribution in [-0.4, -0.2) is 26.3 Å². The Bertz CT molecular complexity index is 379. The van der Waals surface area contributed by atoms with E-state index in [1.807, 2.05) is 0 Å². The van der Waals surface area contributed by atoms with Crippen LogP contribution >= 0.6 is 0 Å². The van der Waals surface area contributed by atoms with Crippen LogP contribution in [0, 0.1) is 0 Å². The van der Waals surface area contributed by atoms with Gasteiger partial charge in [-0.2, -0.15) is 0 Å². The predicted octanol–water partition coefficient (Wildman–Crippen LogP) is 2.01. The van der Waals surface area contributed by atoms with Crippen LogP contribution in [0.4, 0.5) is 0 Å². The van der Waals surface area contributed by atoms with E-state index in [2.05, 4.69) is 41.5 Å². The standard InChI is InChI=1S/C15H22N2O/c1-2-10-18-11-9-17-15-7-8-16-12-13-5-3-4-6-14(13)15/h2-6,15-17H,1,7-12H2. The van der Waals surface area contributed by atoms with E-state index in [1.54, 1.807) is 6.08 Å². The predicted molar refractivity (Wildman–Crippen MR) is 74.5 cm³/mol. The summed E-state index contributed by atoms with van der Waals surface area (Å²) >= 11 is 0. The van der Waals surface area contributed by atoms with Crippen LogP contribution in [0.2, 0.25) is 0 Å². The molecule has 3 nitrogen and oxygen atoms in total. The maximum Gasteiger partial charge on any atom is 0.0645 e. The van der Waals surface area contributed by atoms with Crippen molar-refractivity contribution in [2.75, 3.05) is 26.3 Å². The maximum absolute atomic E-state index is 5.40. The quantitative estimate of drug-likeness (QED) is 0.595. The van der Waals surface area contributed by atoms with Gasteiger partial charge in [0.15, 0.2) is 0 Å². The highest BCUT2D eigenvalue weighted by Crippen LogP contribution is 2.22. The minimum absolute atomic E-state index is 0.434. The van der Waals surface area contributed by atoms with Gasteiger partial charge in [-0.15, -0.1) is 6.58 Å². The first-order chi connectivity index (χ1) is 8.92. The SMILES string of the molecule is C=CCOCCNC1CCNCc2ccccc21. The number of nitrogens with one attached hydrogen (secondary N) is 2. The number of ether oxygens (including phenoxy) is 1. The molecule has 1 aliphatic heterocycles. The molecule has 3 heteroatoms. The highest BCUT2D eigenvalue weighted by molar-refractivity contribution is 5.30. The van der Waals surface area contributed by atoms with Crippen LogP contribution < -0.4 is 10.6 Å². The zero-order chi connectivity index (χ0) is 12.6. The van der Waals surface area contributed by atoms with E-state index in [0.717, 1.165) is 32.7 Å². The van der Waals surface area contributed by atoms with Crippen LogP contribution in [-0.2, 0) is 11.3 Å². The average Bonchev–Trinajstić information content (AvgIpc) is 2.61. The number of benzene rings is 1. The lowest BCUT2D eigenvalue weighted by Crippen LogP contribution is -2.26. The van der Waals surface area contributed by atoms with Crippen LogP contribution in [0.5, 0.6) is 0 Å². The third kappa shape index (κ3) is 3.67. The second kappa shape index (κ2) is 7.31. The Balaban J connectivity index is 1.89. The third-order valence-corrected chi connectivity index (χ3v) is 3.23. The second-order valence-electron chi connectivity index (χ2n) is 4.53. The Morgan fingerprint density at radius 1 is 1.44 bits per heavy atom. The largest absolute Gasteiger partial charge is 0.376 e. The van der Waals surface area contributed by atoms with E-state index in [9.17, 15) is 0 Å². The summed E-state index contributed by atoms with van der Waals surface area (Å²) in [7, 11) is 0. The molecule has 0 aromatic heterocycles. The van der Waals surface area contributed by atoms with E-state index in [1.165, 1.54) is 11.1 Å². The number of rotatable bonds is 6. The Hall–Kier alpha value is -1.16. The van der Waals surface area contributed by atoms with Gasteiger partial charge in [0.2, 0.25) is 0 Å². The summed E-state index contributed by atoms with van der Waals surface area (Å²) in [6.45, 7) is 7.91. The van der Waals surface area contributed by atoms with E-state index in [0.29, 0.717) is 12.6 Å². The van der Waals surface area contributed by atoms with Gasteiger partial charge in [0, 0.05) is 19.1 Å². The molecule has 1 atom stereocenters. The highest BCUT2D eigenvalue weighted by atomic mass is 16.5. The summed E-state index contributed by atoms with van der Waals surface area (Å²) in [6, 6.07) is 9.09. The normalized spacial score (nSPS) is 19.0. The summed E-state index contributed by atoms with van der Waals surface area (Å²) in [4.78, 5) is 0. The molecule has 2 rings (SSSR count). The van der Waals surface area contributed by atoms with Gasteiger partial charge < -0.3 is 15.4 Å². The molecule has 0 fully saturated rings. The van der Waals surface area contributed by atoms with Crippen molar-refractivity contribution in [3.05, 3.63) is 48.0 Å². The molecule has 0 saturated carbocycles. The first-order valence-corrected chi connectivity index (χ1v) is 6.62. The Morgan fingerprint density at radius 3 is 3.22 bits per heavy atom. The fourth-order valence-corrected chi connectivity index (χ4v) is 2.34. The second-order valence-corrected chi connectivity index (χ2v) is 4.53. The molecule has 0 saturated heterocycles. The zero-order valence-corrected chi connectivity index (χ0v) is 10.8. The van der Waals surface area contributed by atoms with Gasteiger partial charge in [0.1, 0.15) is 0 Å². The lowest BCUT2D eigenvalue weighted by molar-refractivity contribution is 0.161. The van der Waals surface area contributed by atoms with Crippen molar-refractivity contribution in [2.24, 2.45) is 0 Å². The zero-order valence-electron chi connectivity index (χ0n) is 10.8. The smallest absolute Gasteiger partial charge is 0.0645 e. The number of hydrogen-bond acceptors (Lipinski definition) is 3. The fraction of sp³-hybridized carbons (Fsp3) is 0.467. The minimum Gasteiger partial charge on any atom is -0.376 e. The monoisotopic (exact) mass is 246 g/mol. The molecule has 0 bridgehead atoms. The molecule has 0 radical (unpaired) electrons. The number of fused-ring (bicyclic) bond motifs is 1. The summed E-state index contributed by atoms with van der Waals surface area (Å²) < 4.78 is 5.40. The van der Waals surface area contributed by atoms with Gasteiger partial charge in [-0.05, 0) is 24.1 Å². The summed E-state index contributed by atoms with van der Waals surface area (Å²) in [5, 5.41) is 7.04. The van der Waals surface area contributed by atoms with Crippen molar-refractivity contribution in [1.29, 1.82) is 0 Å². The number of hydrogen-bond donors (Lipinski definition) is 2. The van der Waals surface area contributed by atoms with E-state index < -0.39 is 0 Å². The molecule has 1 aromatic rings. The van der Waals surface area contributed by atoms with Gasteiger partial charge in [-0.25, -0.2) is 0 Å². The van der Waals surface area contributed by atoms with E-state index in [4.69, 9.17) is 4.74 Å². The summed E-state index contributed by atoms with van der Waals surface area (Å²) in [6.07, 6.45) is 2.91. The Kier molecular flexibility index (Phi) is 5.39. The minimum atomic E-state index is 0.434. The molecule has 0 spiro atoms. The first-order valence-electron chi connectivity index (χ1n) is 6.62. The van der Waals surface area contributed by atoms with Crippen molar-refractivity contribution in [3.8, 4) is 0 Å². The Labute approximate surface area is 109 Å². The molecule has 1 aliphatic rings. The van der Waals surface area contributed by atoms with Gasteiger partial charge >= 0.3 is 0 Å². The van der Waals surface area contributed by atoms with Crippen molar-refractivity contribution in [3.63, 3.8) is 0 Å². The van der Waals surface area contributed by atoms with Crippen LogP contribution in [0.15, 0.2) is 36.9 Å². The van der Waals surface area contributed by atoms with Gasteiger partial charge in [-0.3, -0.25) is 0 Å². The molecule has 98 valence electrons. The fourth-order valence-electron chi connectivity index (χ4n) is 2.34. The van der Waals surface area contributed by atoms with Crippen molar-refractivity contribution in [2.45, 2.75) is 19.0 Å². The van der Waals surface area contributed by atoms with Crippen LogP contribution in [0.3, 0.4) is 0 Å². The lowest BCUT2D eigenvalue weighted by Gasteiger charge is -2.18. The van der Waals surface area contributed by atoms with Crippen molar-refractivity contribution >= 4 is 0 Å². The highest BCUT2D eigenvalue weighted by Gasteiger charge is 2.16. The van der Waals surface area contributed by atoms with E-state index in [-0.39, 0.29) is 0 Å². The van der Waals surface area contributed by atoms with Crippen LogP contribution in [0.1, 0.15) is 23.6 Å².